The Bertz CT molecular complexity index is 484. The quantitative estimate of drug-likeness (QED) is 0.880. The molecule has 9 heteroatoms. The highest BCUT2D eigenvalue weighted by atomic mass is 32.1. The molecule has 1 amide bonds. The standard InChI is InChI=1S/C11H14F3N3O2S/c12-11(13,14)7-5-20-10(16-7)17-3-1-6(2-4-17)8(18)9(15)19/h5-6,8,18H,1-4H2,(H2,15,19)/t8-/m0/s1. The van der Waals surface area contributed by atoms with Gasteiger partial charge in [-0.3, -0.25) is 4.79 Å². The van der Waals surface area contributed by atoms with Crippen molar-refractivity contribution in [2.75, 3.05) is 18.0 Å². The molecule has 1 atom stereocenters. The van der Waals surface area contributed by atoms with Gasteiger partial charge in [-0.25, -0.2) is 4.98 Å². The molecule has 1 saturated heterocycles. The first-order valence-corrected chi connectivity index (χ1v) is 6.92. The second-order valence-corrected chi connectivity index (χ2v) is 5.52. The van der Waals surface area contributed by atoms with Crippen molar-refractivity contribution < 1.29 is 23.1 Å². The van der Waals surface area contributed by atoms with E-state index in [0.717, 1.165) is 16.7 Å². The third-order valence-electron chi connectivity index (χ3n) is 3.33. The predicted molar refractivity (Wildman–Crippen MR) is 67.3 cm³/mol. The number of hydrogen-bond donors (Lipinski definition) is 2. The topological polar surface area (TPSA) is 79.5 Å². The second kappa shape index (κ2) is 5.57. The molecule has 1 fully saturated rings. The molecule has 5 nitrogen and oxygen atoms in total. The van der Waals surface area contributed by atoms with Crippen LogP contribution in [-0.4, -0.2) is 35.2 Å². The molecule has 1 aliphatic heterocycles. The van der Waals surface area contributed by atoms with E-state index in [1.807, 2.05) is 0 Å². The molecule has 0 aromatic carbocycles. The minimum Gasteiger partial charge on any atom is -0.383 e. The number of nitrogens with zero attached hydrogens (tertiary/aromatic N) is 2. The number of piperidine rings is 1. The van der Waals surface area contributed by atoms with Gasteiger partial charge in [0, 0.05) is 18.5 Å². The Kier molecular flexibility index (Phi) is 4.19. The van der Waals surface area contributed by atoms with Crippen molar-refractivity contribution in [1.82, 2.24) is 4.98 Å². The Labute approximate surface area is 117 Å². The molecule has 20 heavy (non-hydrogen) atoms. The number of halogens is 3. The van der Waals surface area contributed by atoms with E-state index in [1.165, 1.54) is 0 Å². The first-order valence-electron chi connectivity index (χ1n) is 6.04. The normalized spacial score (nSPS) is 19.1. The summed E-state index contributed by atoms with van der Waals surface area (Å²) in [7, 11) is 0. The number of carbonyl (C=O) groups is 1. The van der Waals surface area contributed by atoms with Crippen molar-refractivity contribution in [3.63, 3.8) is 0 Å². The van der Waals surface area contributed by atoms with Gasteiger partial charge in [-0.15, -0.1) is 11.3 Å². The number of amides is 1. The predicted octanol–water partition coefficient (Wildman–Crippen LogP) is 1.22. The number of primary amides is 1. The maximum absolute atomic E-state index is 12.5. The smallest absolute Gasteiger partial charge is 0.383 e. The lowest BCUT2D eigenvalue weighted by atomic mass is 9.91. The highest BCUT2D eigenvalue weighted by Gasteiger charge is 2.35. The summed E-state index contributed by atoms with van der Waals surface area (Å²) in [4.78, 5) is 16.2. The molecular formula is C11H14F3N3O2S. The van der Waals surface area contributed by atoms with E-state index in [0.29, 0.717) is 31.1 Å². The first-order chi connectivity index (χ1) is 9.29. The fourth-order valence-corrected chi connectivity index (χ4v) is 3.06. The van der Waals surface area contributed by atoms with Crippen LogP contribution in [0.25, 0.3) is 0 Å². The van der Waals surface area contributed by atoms with Crippen LogP contribution < -0.4 is 10.6 Å². The van der Waals surface area contributed by atoms with Crippen LogP contribution >= 0.6 is 11.3 Å². The van der Waals surface area contributed by atoms with Crippen LogP contribution in [0.1, 0.15) is 18.5 Å². The highest BCUT2D eigenvalue weighted by Crippen LogP contribution is 2.34. The SMILES string of the molecule is NC(=O)[C@@H](O)C1CCN(c2nc(C(F)(F)F)cs2)CC1. The van der Waals surface area contributed by atoms with Gasteiger partial charge < -0.3 is 15.7 Å². The van der Waals surface area contributed by atoms with Crippen LogP contribution in [0.2, 0.25) is 0 Å². The number of alkyl halides is 3. The molecule has 112 valence electrons. The number of thiazole rings is 1. The van der Waals surface area contributed by atoms with Crippen LogP contribution in [0, 0.1) is 5.92 Å². The molecule has 1 aromatic heterocycles. The maximum atomic E-state index is 12.5. The summed E-state index contributed by atoms with van der Waals surface area (Å²) >= 11 is 0.940. The number of aromatic nitrogens is 1. The number of carbonyl (C=O) groups excluding carboxylic acids is 1. The zero-order chi connectivity index (χ0) is 14.9. The molecule has 0 unspecified atom stereocenters. The monoisotopic (exact) mass is 309 g/mol. The number of aliphatic hydroxyl groups is 1. The Morgan fingerprint density at radius 1 is 1.50 bits per heavy atom. The summed E-state index contributed by atoms with van der Waals surface area (Å²) < 4.78 is 37.4. The van der Waals surface area contributed by atoms with E-state index in [-0.39, 0.29) is 5.92 Å². The summed E-state index contributed by atoms with van der Waals surface area (Å²) in [5.41, 5.74) is 4.13. The summed E-state index contributed by atoms with van der Waals surface area (Å²) in [6, 6.07) is 0. The highest BCUT2D eigenvalue weighted by molar-refractivity contribution is 7.13. The molecule has 0 radical (unpaired) electrons. The maximum Gasteiger partial charge on any atom is 0.434 e. The molecule has 0 aliphatic carbocycles. The minimum absolute atomic E-state index is 0.245. The van der Waals surface area contributed by atoms with Crippen LogP contribution in [0.3, 0.4) is 0 Å². The Hall–Kier alpha value is -1.35. The molecule has 0 bridgehead atoms. The largest absolute Gasteiger partial charge is 0.434 e. The van der Waals surface area contributed by atoms with Crippen molar-refractivity contribution in [3.05, 3.63) is 11.1 Å². The third-order valence-corrected chi connectivity index (χ3v) is 4.23. The fraction of sp³-hybridized carbons (Fsp3) is 0.636. The van der Waals surface area contributed by atoms with Crippen molar-refractivity contribution >= 4 is 22.4 Å². The molecular weight excluding hydrogens is 295 g/mol. The average molecular weight is 309 g/mol. The lowest BCUT2D eigenvalue weighted by Gasteiger charge is -2.33. The van der Waals surface area contributed by atoms with Crippen molar-refractivity contribution in [3.8, 4) is 0 Å². The van der Waals surface area contributed by atoms with Crippen molar-refractivity contribution in [2.24, 2.45) is 11.7 Å². The third kappa shape index (κ3) is 3.21. The number of rotatable bonds is 3. The van der Waals surface area contributed by atoms with Gasteiger partial charge in [-0.1, -0.05) is 0 Å². The molecule has 0 saturated carbocycles. The number of hydrogen-bond acceptors (Lipinski definition) is 5. The van der Waals surface area contributed by atoms with Gasteiger partial charge in [-0.05, 0) is 18.8 Å². The molecule has 0 spiro atoms. The molecule has 1 aliphatic rings. The lowest BCUT2D eigenvalue weighted by molar-refractivity contribution is -0.140. The zero-order valence-electron chi connectivity index (χ0n) is 10.4. The minimum atomic E-state index is -4.44. The van der Waals surface area contributed by atoms with E-state index >= 15 is 0 Å². The summed E-state index contributed by atoms with van der Waals surface area (Å²) in [5, 5.41) is 10.9. The van der Waals surface area contributed by atoms with Gasteiger partial charge in [0.25, 0.3) is 0 Å². The molecule has 1 aromatic rings. The van der Waals surface area contributed by atoms with Crippen LogP contribution in [0.5, 0.6) is 0 Å². The van der Waals surface area contributed by atoms with E-state index in [1.54, 1.807) is 4.90 Å². The van der Waals surface area contributed by atoms with Crippen molar-refractivity contribution in [1.29, 1.82) is 0 Å². The van der Waals surface area contributed by atoms with Gasteiger partial charge in [0.15, 0.2) is 10.8 Å². The summed E-state index contributed by atoms with van der Waals surface area (Å²) in [6.45, 7) is 0.889. The van der Waals surface area contributed by atoms with Crippen molar-refractivity contribution in [2.45, 2.75) is 25.1 Å². The van der Waals surface area contributed by atoms with Gasteiger partial charge in [0.1, 0.15) is 6.10 Å². The van der Waals surface area contributed by atoms with Gasteiger partial charge in [0.05, 0.1) is 0 Å². The molecule has 3 N–H and O–H groups in total. The Morgan fingerprint density at radius 2 is 2.10 bits per heavy atom. The van der Waals surface area contributed by atoms with Gasteiger partial charge in [-0.2, -0.15) is 13.2 Å². The van der Waals surface area contributed by atoms with E-state index < -0.39 is 23.9 Å². The summed E-state index contributed by atoms with van der Waals surface area (Å²) in [6.07, 6.45) is -4.65. The van der Waals surface area contributed by atoms with Crippen LogP contribution in [0.15, 0.2) is 5.38 Å². The zero-order valence-corrected chi connectivity index (χ0v) is 11.2. The number of nitrogens with two attached hydrogens (primary N) is 1. The second-order valence-electron chi connectivity index (χ2n) is 4.68. The van der Waals surface area contributed by atoms with Gasteiger partial charge >= 0.3 is 6.18 Å². The fourth-order valence-electron chi connectivity index (χ4n) is 2.18. The Morgan fingerprint density at radius 3 is 2.55 bits per heavy atom. The molecule has 2 rings (SSSR count). The average Bonchev–Trinajstić information content (AvgIpc) is 2.87. The van der Waals surface area contributed by atoms with Crippen LogP contribution in [-0.2, 0) is 11.0 Å². The lowest BCUT2D eigenvalue weighted by Crippen LogP contribution is -2.42. The first kappa shape index (κ1) is 15.0. The molecule has 2 heterocycles. The van der Waals surface area contributed by atoms with Gasteiger partial charge in [0.2, 0.25) is 5.91 Å². The van der Waals surface area contributed by atoms with E-state index in [2.05, 4.69) is 4.98 Å². The number of aliphatic hydroxyl groups excluding tert-OH is 1. The van der Waals surface area contributed by atoms with E-state index in [4.69, 9.17) is 5.73 Å². The summed E-state index contributed by atoms with van der Waals surface area (Å²) in [5.74, 6) is -1.01. The van der Waals surface area contributed by atoms with E-state index in [9.17, 15) is 23.1 Å². The Balaban J connectivity index is 1.97. The number of anilines is 1. The van der Waals surface area contributed by atoms with Crippen LogP contribution in [0.4, 0.5) is 18.3 Å².